The molecule has 0 aliphatic carbocycles. The third kappa shape index (κ3) is 3.70. The molecule has 1 heterocycles. The molecule has 6 heteroatoms. The van der Waals surface area contributed by atoms with Crippen molar-refractivity contribution in [3.63, 3.8) is 0 Å². The van der Waals surface area contributed by atoms with Gasteiger partial charge in [0.25, 0.3) is 5.91 Å². The summed E-state index contributed by atoms with van der Waals surface area (Å²) in [7, 11) is 0. The van der Waals surface area contributed by atoms with Crippen LogP contribution in [-0.4, -0.2) is 35.1 Å². The van der Waals surface area contributed by atoms with E-state index in [1.807, 2.05) is 36.4 Å². The molecule has 0 aromatic heterocycles. The van der Waals surface area contributed by atoms with Gasteiger partial charge in [0.1, 0.15) is 6.04 Å². The summed E-state index contributed by atoms with van der Waals surface area (Å²) in [6.07, 6.45) is 0.779. The van der Waals surface area contributed by atoms with Crippen LogP contribution in [0.2, 0.25) is 0 Å². The standard InChI is InChI=1S/C16H17N3O3/c17-9-4-10-18-16(22)15(21)13-7-8-14(20)19(13)11-12-5-2-1-3-6-12/h1-3,5-6,13H,4,7-8,10-11H2,(H,18,22)/t13-/m1/s1. The molecule has 1 aliphatic rings. The predicted octanol–water partition coefficient (Wildman–Crippen LogP) is 0.777. The van der Waals surface area contributed by atoms with E-state index in [0.717, 1.165) is 5.56 Å². The summed E-state index contributed by atoms with van der Waals surface area (Å²) in [5, 5.41) is 10.8. The van der Waals surface area contributed by atoms with Crippen molar-refractivity contribution in [2.24, 2.45) is 0 Å². The molecule has 0 bridgehead atoms. The lowest BCUT2D eigenvalue weighted by Gasteiger charge is -2.23. The van der Waals surface area contributed by atoms with Crippen molar-refractivity contribution in [2.45, 2.75) is 31.8 Å². The zero-order valence-electron chi connectivity index (χ0n) is 12.1. The molecule has 1 aromatic carbocycles. The fraction of sp³-hybridized carbons (Fsp3) is 0.375. The summed E-state index contributed by atoms with van der Waals surface area (Å²) in [6, 6.07) is 10.5. The molecule has 1 aliphatic heterocycles. The molecule has 1 atom stereocenters. The van der Waals surface area contributed by atoms with Gasteiger partial charge in [0, 0.05) is 19.5 Å². The Morgan fingerprint density at radius 3 is 2.73 bits per heavy atom. The fourth-order valence-electron chi connectivity index (χ4n) is 2.45. The van der Waals surface area contributed by atoms with Crippen molar-refractivity contribution in [1.29, 1.82) is 5.26 Å². The van der Waals surface area contributed by atoms with Gasteiger partial charge >= 0.3 is 0 Å². The summed E-state index contributed by atoms with van der Waals surface area (Å²) in [6.45, 7) is 0.460. The van der Waals surface area contributed by atoms with E-state index in [4.69, 9.17) is 5.26 Å². The average molecular weight is 299 g/mol. The molecule has 0 saturated carbocycles. The molecule has 1 fully saturated rings. The maximum Gasteiger partial charge on any atom is 0.289 e. The van der Waals surface area contributed by atoms with Crippen molar-refractivity contribution >= 4 is 17.6 Å². The second-order valence-corrected chi connectivity index (χ2v) is 5.09. The largest absolute Gasteiger partial charge is 0.348 e. The number of rotatable bonds is 6. The Morgan fingerprint density at radius 1 is 1.32 bits per heavy atom. The van der Waals surface area contributed by atoms with E-state index in [-0.39, 0.29) is 25.3 Å². The summed E-state index contributed by atoms with van der Waals surface area (Å²) >= 11 is 0. The van der Waals surface area contributed by atoms with Crippen LogP contribution in [0.4, 0.5) is 0 Å². The second kappa shape index (κ2) is 7.36. The first-order valence-corrected chi connectivity index (χ1v) is 7.16. The van der Waals surface area contributed by atoms with Gasteiger partial charge in [-0.15, -0.1) is 0 Å². The van der Waals surface area contributed by atoms with Gasteiger partial charge in [0.15, 0.2) is 0 Å². The monoisotopic (exact) mass is 299 g/mol. The second-order valence-electron chi connectivity index (χ2n) is 5.09. The van der Waals surface area contributed by atoms with Crippen LogP contribution in [0.25, 0.3) is 0 Å². The van der Waals surface area contributed by atoms with Crippen LogP contribution >= 0.6 is 0 Å². The first-order chi connectivity index (χ1) is 10.6. The van der Waals surface area contributed by atoms with Crippen LogP contribution in [0, 0.1) is 11.3 Å². The minimum absolute atomic E-state index is 0.118. The Labute approximate surface area is 128 Å². The third-order valence-corrected chi connectivity index (χ3v) is 3.57. The van der Waals surface area contributed by atoms with Crippen LogP contribution in [0.5, 0.6) is 0 Å². The van der Waals surface area contributed by atoms with E-state index >= 15 is 0 Å². The molecule has 6 nitrogen and oxygen atoms in total. The number of hydrogen-bond donors (Lipinski definition) is 1. The number of carbonyl (C=O) groups is 3. The number of nitrogens with one attached hydrogen (secondary N) is 1. The summed E-state index contributed by atoms with van der Waals surface area (Å²) < 4.78 is 0. The lowest BCUT2D eigenvalue weighted by Crippen LogP contribution is -2.45. The highest BCUT2D eigenvalue weighted by Crippen LogP contribution is 2.22. The van der Waals surface area contributed by atoms with Gasteiger partial charge < -0.3 is 10.2 Å². The molecule has 114 valence electrons. The third-order valence-electron chi connectivity index (χ3n) is 3.57. The number of carbonyl (C=O) groups excluding carboxylic acids is 3. The molecule has 0 spiro atoms. The minimum Gasteiger partial charge on any atom is -0.348 e. The molecular weight excluding hydrogens is 282 g/mol. The molecule has 22 heavy (non-hydrogen) atoms. The molecule has 2 rings (SSSR count). The Bertz CT molecular complexity index is 607. The van der Waals surface area contributed by atoms with Gasteiger partial charge in [-0.2, -0.15) is 5.26 Å². The van der Waals surface area contributed by atoms with Crippen molar-refractivity contribution in [3.8, 4) is 6.07 Å². The van der Waals surface area contributed by atoms with Crippen LogP contribution in [0.15, 0.2) is 30.3 Å². The van der Waals surface area contributed by atoms with E-state index in [2.05, 4.69) is 5.32 Å². The smallest absolute Gasteiger partial charge is 0.289 e. The van der Waals surface area contributed by atoms with Crippen LogP contribution in [-0.2, 0) is 20.9 Å². The minimum atomic E-state index is -0.729. The molecule has 1 saturated heterocycles. The average Bonchev–Trinajstić information content (AvgIpc) is 2.89. The number of ketones is 1. The molecule has 2 amide bonds. The number of nitriles is 1. The van der Waals surface area contributed by atoms with Gasteiger partial charge in [-0.1, -0.05) is 30.3 Å². The maximum absolute atomic E-state index is 12.2. The Kier molecular flexibility index (Phi) is 5.26. The van der Waals surface area contributed by atoms with E-state index in [1.165, 1.54) is 4.90 Å². The van der Waals surface area contributed by atoms with E-state index < -0.39 is 17.7 Å². The normalized spacial score (nSPS) is 17.1. The molecular formula is C16H17N3O3. The highest BCUT2D eigenvalue weighted by atomic mass is 16.2. The number of nitrogens with zero attached hydrogens (tertiary/aromatic N) is 2. The number of amides is 2. The number of hydrogen-bond acceptors (Lipinski definition) is 4. The number of Topliss-reactive ketones (excluding diaryl/α,β-unsaturated/α-hetero) is 1. The number of likely N-dealkylation sites (tertiary alicyclic amines) is 1. The van der Waals surface area contributed by atoms with E-state index in [1.54, 1.807) is 0 Å². The van der Waals surface area contributed by atoms with Gasteiger partial charge in [-0.25, -0.2) is 0 Å². The maximum atomic E-state index is 12.2. The van der Waals surface area contributed by atoms with E-state index in [0.29, 0.717) is 13.0 Å². The molecule has 1 aromatic rings. The van der Waals surface area contributed by atoms with Gasteiger partial charge in [0.2, 0.25) is 11.7 Å². The van der Waals surface area contributed by atoms with Crippen molar-refractivity contribution in [2.75, 3.05) is 6.54 Å². The van der Waals surface area contributed by atoms with Gasteiger partial charge in [-0.05, 0) is 12.0 Å². The first-order valence-electron chi connectivity index (χ1n) is 7.16. The zero-order valence-corrected chi connectivity index (χ0v) is 12.1. The fourth-order valence-corrected chi connectivity index (χ4v) is 2.45. The lowest BCUT2D eigenvalue weighted by molar-refractivity contribution is -0.143. The van der Waals surface area contributed by atoms with Crippen LogP contribution in [0.1, 0.15) is 24.8 Å². The van der Waals surface area contributed by atoms with Crippen LogP contribution in [0.3, 0.4) is 0 Å². The first kappa shape index (κ1) is 15.7. The molecule has 0 unspecified atom stereocenters. The topological polar surface area (TPSA) is 90.3 Å². The van der Waals surface area contributed by atoms with Gasteiger partial charge in [0.05, 0.1) is 12.5 Å². The Balaban J connectivity index is 2.02. The van der Waals surface area contributed by atoms with Crippen molar-refractivity contribution < 1.29 is 14.4 Å². The lowest BCUT2D eigenvalue weighted by atomic mass is 10.1. The van der Waals surface area contributed by atoms with Crippen molar-refractivity contribution in [3.05, 3.63) is 35.9 Å². The Hall–Kier alpha value is -2.68. The van der Waals surface area contributed by atoms with Crippen LogP contribution < -0.4 is 5.32 Å². The summed E-state index contributed by atoms with van der Waals surface area (Å²) in [5.41, 5.74) is 0.917. The highest BCUT2D eigenvalue weighted by molar-refractivity contribution is 6.38. The highest BCUT2D eigenvalue weighted by Gasteiger charge is 2.38. The van der Waals surface area contributed by atoms with Crippen molar-refractivity contribution in [1.82, 2.24) is 10.2 Å². The molecule has 0 radical (unpaired) electrons. The zero-order chi connectivity index (χ0) is 15.9. The SMILES string of the molecule is N#CCCNC(=O)C(=O)[C@H]1CCC(=O)N1Cc1ccccc1. The Morgan fingerprint density at radius 2 is 2.05 bits per heavy atom. The quantitative estimate of drug-likeness (QED) is 0.620. The summed E-state index contributed by atoms with van der Waals surface area (Å²) in [5.74, 6) is -1.46. The molecule has 1 N–H and O–H groups in total. The van der Waals surface area contributed by atoms with E-state index in [9.17, 15) is 14.4 Å². The summed E-state index contributed by atoms with van der Waals surface area (Å²) in [4.78, 5) is 37.4. The predicted molar refractivity (Wildman–Crippen MR) is 78.3 cm³/mol. The number of benzene rings is 1. The van der Waals surface area contributed by atoms with Gasteiger partial charge in [-0.3, -0.25) is 14.4 Å².